The van der Waals surface area contributed by atoms with E-state index in [0.717, 1.165) is 33.0 Å². The predicted octanol–water partition coefficient (Wildman–Crippen LogP) is 5.62. The number of rotatable bonds is 3. The van der Waals surface area contributed by atoms with Crippen molar-refractivity contribution in [1.82, 2.24) is 19.5 Å². The highest BCUT2D eigenvalue weighted by atomic mass is 16.5. The minimum Gasteiger partial charge on any atom is -0.506 e. The summed E-state index contributed by atoms with van der Waals surface area (Å²) in [4.78, 5) is 13.3. The first-order chi connectivity index (χ1) is 15.3. The first-order valence-corrected chi connectivity index (χ1v) is 9.84. The van der Waals surface area contributed by atoms with Crippen LogP contribution >= 0.6 is 0 Å². The molecule has 0 bridgehead atoms. The molecule has 0 aliphatic rings. The number of phenolic OH excluding ortho intramolecular Hbond substituents is 1. The van der Waals surface area contributed by atoms with Crippen LogP contribution in [0.5, 0.6) is 17.4 Å². The summed E-state index contributed by atoms with van der Waals surface area (Å²) >= 11 is 0. The number of phenols is 1. The van der Waals surface area contributed by atoms with E-state index in [1.54, 1.807) is 30.6 Å². The maximum Gasteiger partial charge on any atom is 0.219 e. The Labute approximate surface area is 177 Å². The van der Waals surface area contributed by atoms with E-state index in [4.69, 9.17) is 4.74 Å². The normalized spacial score (nSPS) is 11.4. The van der Waals surface area contributed by atoms with Crippen molar-refractivity contribution in [3.05, 3.63) is 91.4 Å². The number of benzene rings is 2. The number of aromatic nitrogens is 4. The highest BCUT2D eigenvalue weighted by molar-refractivity contribution is 6.09. The van der Waals surface area contributed by atoms with Gasteiger partial charge < -0.3 is 9.84 Å². The number of fused-ring (bicyclic) bond motifs is 4. The van der Waals surface area contributed by atoms with Crippen LogP contribution in [0.1, 0.15) is 0 Å². The smallest absolute Gasteiger partial charge is 0.219 e. The molecular weight excluding hydrogens is 388 g/mol. The lowest BCUT2D eigenvalue weighted by Gasteiger charge is -2.09. The van der Waals surface area contributed by atoms with E-state index in [1.165, 1.54) is 0 Å². The molecule has 1 N–H and O–H groups in total. The molecule has 0 unspecified atom stereocenters. The lowest BCUT2D eigenvalue weighted by atomic mass is 10.2. The van der Waals surface area contributed by atoms with Crippen molar-refractivity contribution in [3.8, 4) is 23.2 Å². The van der Waals surface area contributed by atoms with Crippen LogP contribution in [-0.4, -0.2) is 24.6 Å². The molecule has 4 aromatic heterocycles. The molecule has 6 rings (SSSR count). The number of aromatic hydroxyl groups is 1. The summed E-state index contributed by atoms with van der Waals surface area (Å²) in [6.07, 6.45) is 5.41. The van der Waals surface area contributed by atoms with E-state index in [0.29, 0.717) is 17.1 Å². The number of hydrogen-bond donors (Lipinski definition) is 1. The molecule has 4 heterocycles. The zero-order valence-corrected chi connectivity index (χ0v) is 16.3. The van der Waals surface area contributed by atoms with E-state index in [1.807, 2.05) is 60.8 Å². The Hall–Kier alpha value is -4.45. The van der Waals surface area contributed by atoms with Gasteiger partial charge in [-0.15, -0.1) is 0 Å². The topological polar surface area (TPSA) is 73.1 Å². The lowest BCUT2D eigenvalue weighted by Crippen LogP contribution is -1.97. The number of ether oxygens (including phenoxy) is 1. The van der Waals surface area contributed by atoms with Gasteiger partial charge in [-0.2, -0.15) is 0 Å². The molecular formula is C25H16N4O2. The zero-order chi connectivity index (χ0) is 20.8. The fourth-order valence-electron chi connectivity index (χ4n) is 3.93. The van der Waals surface area contributed by atoms with E-state index >= 15 is 0 Å². The maximum absolute atomic E-state index is 10.1. The second-order valence-electron chi connectivity index (χ2n) is 7.20. The Bertz CT molecular complexity index is 1580. The maximum atomic E-state index is 10.1. The van der Waals surface area contributed by atoms with Crippen molar-refractivity contribution in [2.24, 2.45) is 0 Å². The summed E-state index contributed by atoms with van der Waals surface area (Å²) < 4.78 is 8.14. The fourth-order valence-corrected chi connectivity index (χ4v) is 3.93. The van der Waals surface area contributed by atoms with Crippen LogP contribution in [0.25, 0.3) is 38.5 Å². The summed E-state index contributed by atoms with van der Waals surface area (Å²) in [5, 5.41) is 13.1. The number of nitrogens with zero attached hydrogens (tertiary/aromatic N) is 4. The van der Waals surface area contributed by atoms with Crippen molar-refractivity contribution < 1.29 is 9.84 Å². The quantitative estimate of drug-likeness (QED) is 0.414. The Kier molecular flexibility index (Phi) is 3.83. The van der Waals surface area contributed by atoms with Crippen molar-refractivity contribution in [2.75, 3.05) is 0 Å². The van der Waals surface area contributed by atoms with Gasteiger partial charge in [0.05, 0.1) is 17.2 Å². The molecule has 0 radical (unpaired) electrons. The molecule has 0 aliphatic carbocycles. The van der Waals surface area contributed by atoms with Gasteiger partial charge in [-0.05, 0) is 42.5 Å². The molecule has 31 heavy (non-hydrogen) atoms. The average molecular weight is 404 g/mol. The van der Waals surface area contributed by atoms with Crippen LogP contribution in [0, 0.1) is 0 Å². The van der Waals surface area contributed by atoms with Gasteiger partial charge in [-0.3, -0.25) is 9.55 Å². The number of hydrogen-bond acceptors (Lipinski definition) is 5. The molecule has 0 saturated heterocycles. The molecule has 2 aromatic carbocycles. The summed E-state index contributed by atoms with van der Waals surface area (Å²) in [7, 11) is 0. The van der Waals surface area contributed by atoms with Gasteiger partial charge in [0, 0.05) is 40.7 Å². The molecule has 6 aromatic rings. The third kappa shape index (κ3) is 2.85. The minimum atomic E-state index is 0.126. The second-order valence-corrected chi connectivity index (χ2v) is 7.20. The SMILES string of the molecule is Oc1cccc2ccc(Oc3ccc4c5ccncc5n(-c5ccccn5)c4c3)nc12. The number of pyridine rings is 3. The average Bonchev–Trinajstić information content (AvgIpc) is 3.14. The fraction of sp³-hybridized carbons (Fsp3) is 0. The Morgan fingerprint density at radius 1 is 0.806 bits per heavy atom. The Morgan fingerprint density at radius 3 is 2.65 bits per heavy atom. The highest BCUT2D eigenvalue weighted by Gasteiger charge is 2.14. The summed E-state index contributed by atoms with van der Waals surface area (Å²) in [5.74, 6) is 1.99. The Balaban J connectivity index is 1.51. The number of para-hydroxylation sites is 1. The zero-order valence-electron chi connectivity index (χ0n) is 16.3. The van der Waals surface area contributed by atoms with Crippen molar-refractivity contribution in [2.45, 2.75) is 0 Å². The minimum absolute atomic E-state index is 0.126. The van der Waals surface area contributed by atoms with Gasteiger partial charge in [0.15, 0.2) is 0 Å². The second kappa shape index (κ2) is 6.81. The van der Waals surface area contributed by atoms with Crippen molar-refractivity contribution in [1.29, 1.82) is 0 Å². The van der Waals surface area contributed by atoms with Gasteiger partial charge in [0.1, 0.15) is 22.8 Å². The van der Waals surface area contributed by atoms with E-state index in [-0.39, 0.29) is 5.75 Å². The summed E-state index contributed by atoms with van der Waals surface area (Å²) in [5.41, 5.74) is 2.44. The van der Waals surface area contributed by atoms with Crippen LogP contribution < -0.4 is 4.74 Å². The molecule has 6 nitrogen and oxygen atoms in total. The largest absolute Gasteiger partial charge is 0.506 e. The van der Waals surface area contributed by atoms with E-state index < -0.39 is 0 Å². The van der Waals surface area contributed by atoms with Crippen LogP contribution in [0.3, 0.4) is 0 Å². The van der Waals surface area contributed by atoms with E-state index in [9.17, 15) is 5.11 Å². The standard InChI is InChI=1S/C25H16N4O2/c30-22-5-3-4-16-7-10-24(28-25(16)22)31-17-8-9-18-19-11-13-26-15-21(19)29(20(18)14-17)23-6-1-2-12-27-23/h1-15,30H. The molecule has 0 spiro atoms. The van der Waals surface area contributed by atoms with Gasteiger partial charge in [-0.25, -0.2) is 9.97 Å². The van der Waals surface area contributed by atoms with E-state index in [2.05, 4.69) is 19.5 Å². The lowest BCUT2D eigenvalue weighted by molar-refractivity contribution is 0.460. The first-order valence-electron chi connectivity index (χ1n) is 9.84. The molecule has 0 fully saturated rings. The van der Waals surface area contributed by atoms with Gasteiger partial charge in [0.25, 0.3) is 0 Å². The van der Waals surface area contributed by atoms with Crippen LogP contribution in [-0.2, 0) is 0 Å². The molecule has 0 saturated carbocycles. The highest BCUT2D eigenvalue weighted by Crippen LogP contribution is 2.34. The van der Waals surface area contributed by atoms with Crippen LogP contribution in [0.4, 0.5) is 0 Å². The molecule has 0 aliphatic heterocycles. The van der Waals surface area contributed by atoms with Gasteiger partial charge >= 0.3 is 0 Å². The van der Waals surface area contributed by atoms with Gasteiger partial charge in [0.2, 0.25) is 5.88 Å². The molecule has 0 amide bonds. The van der Waals surface area contributed by atoms with Crippen molar-refractivity contribution >= 4 is 32.7 Å². The third-order valence-corrected chi connectivity index (χ3v) is 5.32. The van der Waals surface area contributed by atoms with Gasteiger partial charge in [-0.1, -0.05) is 18.2 Å². The van der Waals surface area contributed by atoms with Crippen molar-refractivity contribution in [3.63, 3.8) is 0 Å². The molecule has 6 heteroatoms. The van der Waals surface area contributed by atoms with Crippen LogP contribution in [0.2, 0.25) is 0 Å². The molecule has 148 valence electrons. The van der Waals surface area contributed by atoms with Crippen LogP contribution in [0.15, 0.2) is 91.4 Å². The monoisotopic (exact) mass is 404 g/mol. The summed E-state index contributed by atoms with van der Waals surface area (Å²) in [6.45, 7) is 0. The first kappa shape index (κ1) is 17.4. The Morgan fingerprint density at radius 2 is 1.74 bits per heavy atom. The summed E-state index contributed by atoms with van der Waals surface area (Å²) in [6, 6.07) is 22.7. The molecule has 0 atom stereocenters. The third-order valence-electron chi connectivity index (χ3n) is 5.32. The predicted molar refractivity (Wildman–Crippen MR) is 120 cm³/mol.